The van der Waals surface area contributed by atoms with Crippen LogP contribution in [0.2, 0.25) is 0 Å². The number of para-hydroxylation sites is 1. The fourth-order valence-electron chi connectivity index (χ4n) is 2.06. The van der Waals surface area contributed by atoms with Crippen molar-refractivity contribution in [2.45, 2.75) is 30.7 Å². The molecule has 1 aromatic carbocycles. The van der Waals surface area contributed by atoms with Crippen molar-refractivity contribution >= 4 is 15.7 Å². The van der Waals surface area contributed by atoms with Crippen molar-refractivity contribution in [3.05, 3.63) is 24.3 Å². The van der Waals surface area contributed by atoms with Gasteiger partial charge in [0.1, 0.15) is 4.90 Å². The first-order chi connectivity index (χ1) is 8.48. The number of benzene rings is 1. The van der Waals surface area contributed by atoms with Crippen LogP contribution in [0, 0.1) is 5.92 Å². The van der Waals surface area contributed by atoms with Gasteiger partial charge in [-0.2, -0.15) is 4.31 Å². The number of rotatable bonds is 5. The Hall–Kier alpha value is -1.11. The second-order valence-electron chi connectivity index (χ2n) is 4.74. The van der Waals surface area contributed by atoms with Gasteiger partial charge in [-0.15, -0.1) is 0 Å². The molecule has 1 saturated carbocycles. The van der Waals surface area contributed by atoms with Crippen LogP contribution in [0.5, 0.6) is 0 Å². The Morgan fingerprint density at radius 3 is 2.56 bits per heavy atom. The fraction of sp³-hybridized carbons (Fsp3) is 0.500. The van der Waals surface area contributed by atoms with E-state index < -0.39 is 10.0 Å². The van der Waals surface area contributed by atoms with Gasteiger partial charge in [0.05, 0.1) is 5.69 Å². The quantitative estimate of drug-likeness (QED) is 0.625. The minimum Gasteiger partial charge on any atom is -0.323 e. The molecule has 1 aliphatic carbocycles. The van der Waals surface area contributed by atoms with Gasteiger partial charge in [0.15, 0.2) is 0 Å². The Balaban J connectivity index is 2.34. The number of nitrogens with two attached hydrogens (primary N) is 1. The first kappa shape index (κ1) is 13.3. The maximum atomic E-state index is 12.5. The molecule has 2 rings (SSSR count). The molecule has 1 aromatic rings. The highest BCUT2D eigenvalue weighted by Crippen LogP contribution is 2.37. The average molecular weight is 269 g/mol. The van der Waals surface area contributed by atoms with Crippen LogP contribution in [0.1, 0.15) is 19.8 Å². The Morgan fingerprint density at radius 2 is 2.00 bits per heavy atom. The highest BCUT2D eigenvalue weighted by molar-refractivity contribution is 7.89. The molecule has 5 nitrogen and oxygen atoms in total. The zero-order chi connectivity index (χ0) is 13.3. The number of hydrogen-bond acceptors (Lipinski definition) is 4. The monoisotopic (exact) mass is 269 g/mol. The van der Waals surface area contributed by atoms with Crippen molar-refractivity contribution in [2.75, 3.05) is 12.5 Å². The van der Waals surface area contributed by atoms with E-state index in [1.54, 1.807) is 31.3 Å². The molecular formula is C12H19N3O2S. The normalized spacial score (nSPS) is 17.8. The first-order valence-corrected chi connectivity index (χ1v) is 7.46. The topological polar surface area (TPSA) is 75.4 Å². The van der Waals surface area contributed by atoms with E-state index in [4.69, 9.17) is 5.84 Å². The fourth-order valence-corrected chi connectivity index (χ4v) is 3.64. The van der Waals surface area contributed by atoms with Crippen LogP contribution in [0.3, 0.4) is 0 Å². The standard InChI is InChI=1S/C12H19N3O2S/c1-9(10-7-8-10)15(2)18(16,17)12-6-4-3-5-11(12)14-13/h3-6,9-10,14H,7-8,13H2,1-2H3. The van der Waals surface area contributed by atoms with Gasteiger partial charge in [0.25, 0.3) is 0 Å². The van der Waals surface area contributed by atoms with Gasteiger partial charge < -0.3 is 5.43 Å². The SMILES string of the molecule is CC(C1CC1)N(C)S(=O)(=O)c1ccccc1NN. The third-order valence-corrected chi connectivity index (χ3v) is 5.58. The van der Waals surface area contributed by atoms with Crippen molar-refractivity contribution in [1.29, 1.82) is 0 Å². The lowest BCUT2D eigenvalue weighted by Crippen LogP contribution is -2.36. The second-order valence-corrected chi connectivity index (χ2v) is 6.71. The Labute approximate surface area is 108 Å². The van der Waals surface area contributed by atoms with Crippen LogP contribution < -0.4 is 11.3 Å². The second kappa shape index (κ2) is 4.87. The lowest BCUT2D eigenvalue weighted by Gasteiger charge is -2.25. The third kappa shape index (κ3) is 2.36. The molecule has 6 heteroatoms. The molecule has 1 aliphatic rings. The molecule has 0 amide bonds. The highest BCUT2D eigenvalue weighted by Gasteiger charge is 2.36. The van der Waals surface area contributed by atoms with Gasteiger partial charge in [-0.05, 0) is 37.8 Å². The molecule has 0 heterocycles. The minimum absolute atomic E-state index is 0.0285. The smallest absolute Gasteiger partial charge is 0.245 e. The number of hydrogen-bond donors (Lipinski definition) is 2. The summed E-state index contributed by atoms with van der Waals surface area (Å²) in [5.74, 6) is 5.85. The van der Waals surface area contributed by atoms with Crippen molar-refractivity contribution in [3.63, 3.8) is 0 Å². The molecule has 1 unspecified atom stereocenters. The van der Waals surface area contributed by atoms with E-state index in [2.05, 4.69) is 5.43 Å². The maximum Gasteiger partial charge on any atom is 0.245 e. The molecule has 100 valence electrons. The largest absolute Gasteiger partial charge is 0.323 e. The molecule has 0 saturated heterocycles. The summed E-state index contributed by atoms with van der Waals surface area (Å²) in [5.41, 5.74) is 2.86. The molecule has 3 N–H and O–H groups in total. The van der Waals surface area contributed by atoms with Crippen molar-refractivity contribution in [3.8, 4) is 0 Å². The first-order valence-electron chi connectivity index (χ1n) is 6.02. The lowest BCUT2D eigenvalue weighted by atomic mass is 10.2. The van der Waals surface area contributed by atoms with E-state index in [1.165, 1.54) is 4.31 Å². The zero-order valence-corrected chi connectivity index (χ0v) is 11.4. The summed E-state index contributed by atoms with van der Waals surface area (Å²) in [6, 6.07) is 6.70. The number of nitrogens with one attached hydrogen (secondary N) is 1. The average Bonchev–Trinajstić information content (AvgIpc) is 3.21. The molecule has 1 fully saturated rings. The number of hydrazine groups is 1. The summed E-state index contributed by atoms with van der Waals surface area (Å²) in [6.07, 6.45) is 2.22. The van der Waals surface area contributed by atoms with E-state index in [0.29, 0.717) is 11.6 Å². The van der Waals surface area contributed by atoms with Gasteiger partial charge >= 0.3 is 0 Å². The molecule has 0 bridgehead atoms. The summed E-state index contributed by atoms with van der Waals surface area (Å²) in [4.78, 5) is 0.225. The van der Waals surface area contributed by atoms with Gasteiger partial charge in [0, 0.05) is 13.1 Å². The third-order valence-electron chi connectivity index (χ3n) is 3.58. The van der Waals surface area contributed by atoms with Gasteiger partial charge in [-0.25, -0.2) is 8.42 Å². The Bertz CT molecular complexity index is 526. The van der Waals surface area contributed by atoms with Crippen LogP contribution in [-0.2, 0) is 10.0 Å². The van der Waals surface area contributed by atoms with Crippen molar-refractivity contribution < 1.29 is 8.42 Å². The molecule has 1 atom stereocenters. The maximum absolute atomic E-state index is 12.5. The molecule has 18 heavy (non-hydrogen) atoms. The summed E-state index contributed by atoms with van der Waals surface area (Å²) in [7, 11) is -1.86. The van der Waals surface area contributed by atoms with Crippen molar-refractivity contribution in [2.24, 2.45) is 11.8 Å². The summed E-state index contributed by atoms with van der Waals surface area (Å²) in [6.45, 7) is 1.95. The van der Waals surface area contributed by atoms with Gasteiger partial charge in [-0.3, -0.25) is 5.84 Å². The highest BCUT2D eigenvalue weighted by atomic mass is 32.2. The molecule has 0 spiro atoms. The van der Waals surface area contributed by atoms with Crippen LogP contribution in [-0.4, -0.2) is 25.8 Å². The van der Waals surface area contributed by atoms with Crippen LogP contribution in [0.25, 0.3) is 0 Å². The number of nitrogen functional groups attached to an aromatic ring is 1. The van der Waals surface area contributed by atoms with Gasteiger partial charge in [0.2, 0.25) is 10.0 Å². The minimum atomic E-state index is -3.50. The van der Waals surface area contributed by atoms with Crippen LogP contribution in [0.4, 0.5) is 5.69 Å². The lowest BCUT2D eigenvalue weighted by molar-refractivity contribution is 0.357. The van der Waals surface area contributed by atoms with Gasteiger partial charge in [-0.1, -0.05) is 12.1 Å². The van der Waals surface area contributed by atoms with E-state index in [0.717, 1.165) is 12.8 Å². The Kier molecular flexibility index (Phi) is 3.61. The summed E-state index contributed by atoms with van der Waals surface area (Å²) >= 11 is 0. The van der Waals surface area contributed by atoms with E-state index in [-0.39, 0.29) is 10.9 Å². The number of sulfonamides is 1. The predicted octanol–water partition coefficient (Wildman–Crippen LogP) is 1.39. The number of anilines is 1. The van der Waals surface area contributed by atoms with E-state index >= 15 is 0 Å². The van der Waals surface area contributed by atoms with Crippen molar-refractivity contribution in [1.82, 2.24) is 4.31 Å². The van der Waals surface area contributed by atoms with E-state index in [1.807, 2.05) is 6.92 Å². The predicted molar refractivity (Wildman–Crippen MR) is 71.4 cm³/mol. The van der Waals surface area contributed by atoms with Crippen LogP contribution in [0.15, 0.2) is 29.2 Å². The Morgan fingerprint density at radius 1 is 1.39 bits per heavy atom. The van der Waals surface area contributed by atoms with E-state index in [9.17, 15) is 8.42 Å². The summed E-state index contributed by atoms with van der Waals surface area (Å²) in [5, 5.41) is 0. The molecule has 0 radical (unpaired) electrons. The zero-order valence-electron chi connectivity index (χ0n) is 10.6. The summed E-state index contributed by atoms with van der Waals surface area (Å²) < 4.78 is 26.5. The molecular weight excluding hydrogens is 250 g/mol. The molecule has 0 aromatic heterocycles. The number of nitrogens with zero attached hydrogens (tertiary/aromatic N) is 1. The molecule has 0 aliphatic heterocycles. The van der Waals surface area contributed by atoms with Crippen LogP contribution >= 0.6 is 0 Å².